The summed E-state index contributed by atoms with van der Waals surface area (Å²) in [4.78, 5) is 37.2. The van der Waals surface area contributed by atoms with Gasteiger partial charge in [-0.15, -0.1) is 0 Å². The molecule has 156 valence electrons. The molecular formula is C18H27N3O6S. The molecule has 10 heteroatoms. The highest BCUT2D eigenvalue weighted by Gasteiger charge is 2.25. The second-order valence-electron chi connectivity index (χ2n) is 6.53. The molecule has 28 heavy (non-hydrogen) atoms. The van der Waals surface area contributed by atoms with E-state index in [0.717, 1.165) is 16.1 Å². The molecule has 1 N–H and O–H groups in total. The second kappa shape index (κ2) is 10.8. The first kappa shape index (κ1) is 23.6. The summed E-state index contributed by atoms with van der Waals surface area (Å²) < 4.78 is 29.7. The highest BCUT2D eigenvalue weighted by atomic mass is 32.2. The van der Waals surface area contributed by atoms with Gasteiger partial charge in [0.05, 0.1) is 18.8 Å². The van der Waals surface area contributed by atoms with Crippen LogP contribution in [-0.4, -0.2) is 74.9 Å². The average molecular weight is 413 g/mol. The van der Waals surface area contributed by atoms with Crippen LogP contribution in [0.4, 0.5) is 4.79 Å². The number of ketones is 1. The van der Waals surface area contributed by atoms with Gasteiger partial charge in [0.1, 0.15) is 6.61 Å². The quantitative estimate of drug-likeness (QED) is 0.601. The van der Waals surface area contributed by atoms with E-state index in [2.05, 4.69) is 5.32 Å². The maximum Gasteiger partial charge on any atom is 0.408 e. The van der Waals surface area contributed by atoms with Crippen LogP contribution in [0.2, 0.25) is 0 Å². The van der Waals surface area contributed by atoms with Gasteiger partial charge >= 0.3 is 6.09 Å². The van der Waals surface area contributed by atoms with Crippen molar-refractivity contribution in [2.45, 2.75) is 26.0 Å². The van der Waals surface area contributed by atoms with E-state index < -0.39 is 34.5 Å². The minimum Gasteiger partial charge on any atom is -0.445 e. The third-order valence-electron chi connectivity index (χ3n) is 3.91. The van der Waals surface area contributed by atoms with Gasteiger partial charge in [-0.05, 0) is 12.5 Å². The minimum absolute atomic E-state index is 0.0473. The number of Topliss-reactive ketones (excluding diaryl/α,β-unsaturated/α-hetero) is 1. The number of amides is 2. The molecule has 0 fully saturated rings. The van der Waals surface area contributed by atoms with E-state index in [0.29, 0.717) is 0 Å². The van der Waals surface area contributed by atoms with Crippen molar-refractivity contribution < 1.29 is 27.5 Å². The van der Waals surface area contributed by atoms with Gasteiger partial charge in [-0.1, -0.05) is 30.3 Å². The van der Waals surface area contributed by atoms with Crippen LogP contribution in [0.3, 0.4) is 0 Å². The van der Waals surface area contributed by atoms with Crippen molar-refractivity contribution in [2.24, 2.45) is 0 Å². The number of carbonyl (C=O) groups excluding carboxylic acids is 3. The lowest BCUT2D eigenvalue weighted by Crippen LogP contribution is -2.45. The number of hydrogen-bond donors (Lipinski definition) is 1. The first-order valence-corrected chi connectivity index (χ1v) is 10.5. The van der Waals surface area contributed by atoms with E-state index in [1.807, 2.05) is 18.2 Å². The highest BCUT2D eigenvalue weighted by molar-refractivity contribution is 7.88. The number of benzene rings is 1. The summed E-state index contributed by atoms with van der Waals surface area (Å²) in [5.41, 5.74) is 0.797. The minimum atomic E-state index is -3.69. The maximum atomic E-state index is 12.3. The summed E-state index contributed by atoms with van der Waals surface area (Å²) in [6, 6.07) is 8.09. The zero-order valence-corrected chi connectivity index (χ0v) is 17.4. The fourth-order valence-electron chi connectivity index (χ4n) is 2.14. The summed E-state index contributed by atoms with van der Waals surface area (Å²) in [5, 5.41) is 2.38. The molecular weight excluding hydrogens is 386 g/mol. The van der Waals surface area contributed by atoms with Gasteiger partial charge in [-0.3, -0.25) is 9.59 Å². The maximum absolute atomic E-state index is 12.3. The van der Waals surface area contributed by atoms with Crippen molar-refractivity contribution in [3.8, 4) is 0 Å². The molecule has 0 aliphatic carbocycles. The van der Waals surface area contributed by atoms with Crippen LogP contribution in [0.15, 0.2) is 30.3 Å². The van der Waals surface area contributed by atoms with Crippen molar-refractivity contribution in [1.82, 2.24) is 14.5 Å². The second-order valence-corrected chi connectivity index (χ2v) is 8.51. The fourth-order valence-corrected chi connectivity index (χ4v) is 2.92. The van der Waals surface area contributed by atoms with Crippen LogP contribution in [0.5, 0.6) is 0 Å². The van der Waals surface area contributed by atoms with Gasteiger partial charge < -0.3 is 15.0 Å². The number of carbonyl (C=O) groups is 3. The van der Waals surface area contributed by atoms with E-state index in [-0.39, 0.29) is 25.5 Å². The van der Waals surface area contributed by atoms with E-state index in [9.17, 15) is 22.8 Å². The molecule has 0 aromatic heterocycles. The molecule has 0 aliphatic rings. The topological polar surface area (TPSA) is 113 Å². The molecule has 0 bridgehead atoms. The number of sulfonamides is 1. The van der Waals surface area contributed by atoms with Gasteiger partial charge in [0.2, 0.25) is 15.9 Å². The smallest absolute Gasteiger partial charge is 0.408 e. The van der Waals surface area contributed by atoms with Crippen molar-refractivity contribution >= 4 is 27.8 Å². The van der Waals surface area contributed by atoms with E-state index >= 15 is 0 Å². The number of alkyl carbamates (subject to hydrolysis) is 1. The van der Waals surface area contributed by atoms with Gasteiger partial charge in [0.25, 0.3) is 0 Å². The third kappa shape index (κ3) is 8.49. The van der Waals surface area contributed by atoms with Crippen LogP contribution in [0.25, 0.3) is 0 Å². The number of rotatable bonds is 10. The molecule has 2 amide bonds. The van der Waals surface area contributed by atoms with Crippen molar-refractivity contribution in [2.75, 3.05) is 33.4 Å². The molecule has 0 saturated carbocycles. The largest absolute Gasteiger partial charge is 0.445 e. The van der Waals surface area contributed by atoms with Crippen LogP contribution < -0.4 is 5.32 Å². The first-order valence-electron chi connectivity index (χ1n) is 8.66. The Balaban J connectivity index is 2.56. The molecule has 1 rings (SSSR count). The van der Waals surface area contributed by atoms with Crippen LogP contribution >= 0.6 is 0 Å². The predicted molar refractivity (Wildman–Crippen MR) is 104 cm³/mol. The Labute approximate surface area is 165 Å². The summed E-state index contributed by atoms with van der Waals surface area (Å²) >= 11 is 0. The SMILES string of the molecule is C[C@H](NC(=O)OCc1ccccc1)C(=O)CN(CCC(=O)N(C)C)S(C)(=O)=O. The lowest BCUT2D eigenvalue weighted by Gasteiger charge is -2.22. The zero-order valence-electron chi connectivity index (χ0n) is 16.5. The standard InChI is InChI=1S/C18H27N3O6S/c1-14(19-18(24)27-13-15-8-6-5-7-9-15)16(22)12-21(28(4,25)26)11-10-17(23)20(2)3/h5-9,14H,10-13H2,1-4H3,(H,19,24)/t14-/m0/s1. The Kier molecular flexibility index (Phi) is 9.07. The molecule has 0 spiro atoms. The molecule has 0 unspecified atom stereocenters. The predicted octanol–water partition coefficient (Wildman–Crippen LogP) is 0.610. The van der Waals surface area contributed by atoms with E-state index in [1.54, 1.807) is 26.2 Å². The van der Waals surface area contributed by atoms with Crippen molar-refractivity contribution in [1.29, 1.82) is 0 Å². The van der Waals surface area contributed by atoms with Crippen molar-refractivity contribution in [3.63, 3.8) is 0 Å². The molecule has 0 radical (unpaired) electrons. The molecule has 1 atom stereocenters. The Hall–Kier alpha value is -2.46. The number of nitrogens with zero attached hydrogens (tertiary/aromatic N) is 2. The van der Waals surface area contributed by atoms with E-state index in [1.165, 1.54) is 11.8 Å². The number of nitrogens with one attached hydrogen (secondary N) is 1. The summed E-state index contributed by atoms with van der Waals surface area (Å²) in [7, 11) is -0.570. The third-order valence-corrected chi connectivity index (χ3v) is 5.15. The average Bonchev–Trinajstić information content (AvgIpc) is 2.62. The normalized spacial score (nSPS) is 12.3. The lowest BCUT2D eigenvalue weighted by atomic mass is 10.2. The summed E-state index contributed by atoms with van der Waals surface area (Å²) in [5.74, 6) is -0.767. The lowest BCUT2D eigenvalue weighted by molar-refractivity contribution is -0.129. The molecule has 1 aromatic rings. The van der Waals surface area contributed by atoms with Crippen molar-refractivity contribution in [3.05, 3.63) is 35.9 Å². The van der Waals surface area contributed by atoms with Gasteiger partial charge in [0.15, 0.2) is 5.78 Å². The van der Waals surface area contributed by atoms with Gasteiger partial charge in [-0.25, -0.2) is 13.2 Å². The molecule has 0 heterocycles. The number of hydrogen-bond acceptors (Lipinski definition) is 6. The molecule has 9 nitrogen and oxygen atoms in total. The van der Waals surface area contributed by atoms with Crippen LogP contribution in [0, 0.1) is 0 Å². The fraction of sp³-hybridized carbons (Fsp3) is 0.500. The summed E-state index contributed by atoms with van der Waals surface area (Å²) in [6.45, 7) is 0.930. The molecule has 0 saturated heterocycles. The summed E-state index contributed by atoms with van der Waals surface area (Å²) in [6.07, 6.45) is 0.138. The molecule has 0 aliphatic heterocycles. The zero-order chi connectivity index (χ0) is 21.3. The first-order chi connectivity index (χ1) is 13.0. The monoisotopic (exact) mass is 413 g/mol. The number of ether oxygens (including phenoxy) is 1. The van der Waals surface area contributed by atoms with Crippen LogP contribution in [-0.2, 0) is 31.0 Å². The Morgan fingerprint density at radius 2 is 1.75 bits per heavy atom. The molecule has 1 aromatic carbocycles. The van der Waals surface area contributed by atoms with E-state index in [4.69, 9.17) is 4.74 Å². The highest BCUT2D eigenvalue weighted by Crippen LogP contribution is 2.04. The Bertz CT molecular complexity index is 780. The van der Waals surface area contributed by atoms with Crippen LogP contribution in [0.1, 0.15) is 18.9 Å². The van der Waals surface area contributed by atoms with Gasteiger partial charge in [0, 0.05) is 27.1 Å². The Morgan fingerprint density at radius 1 is 1.14 bits per heavy atom. The van der Waals surface area contributed by atoms with Gasteiger partial charge in [-0.2, -0.15) is 4.31 Å². The Morgan fingerprint density at radius 3 is 2.29 bits per heavy atom.